The summed E-state index contributed by atoms with van der Waals surface area (Å²) in [5, 5.41) is 6.13. The summed E-state index contributed by atoms with van der Waals surface area (Å²) >= 11 is 0. The first-order chi connectivity index (χ1) is 6.86. The molecule has 2 aliphatic heterocycles. The molecular formula is C10H17N3O. The van der Waals surface area contributed by atoms with Crippen molar-refractivity contribution in [3.63, 3.8) is 0 Å². The Labute approximate surface area is 84.3 Å². The summed E-state index contributed by atoms with van der Waals surface area (Å²) in [5.74, 6) is 0. The van der Waals surface area contributed by atoms with Crippen molar-refractivity contribution in [1.82, 2.24) is 15.5 Å². The number of nitrogens with zero attached hydrogens (tertiary/aromatic N) is 1. The third-order valence-electron chi connectivity index (χ3n) is 2.72. The quantitative estimate of drug-likeness (QED) is 0.623. The molecule has 0 atom stereocenters. The van der Waals surface area contributed by atoms with Gasteiger partial charge in [-0.1, -0.05) is 11.6 Å². The van der Waals surface area contributed by atoms with E-state index in [1.54, 1.807) is 0 Å². The molecule has 14 heavy (non-hydrogen) atoms. The van der Waals surface area contributed by atoms with Crippen LogP contribution in [0.1, 0.15) is 12.8 Å². The molecule has 2 heterocycles. The molecule has 4 nitrogen and oxygen atoms in total. The van der Waals surface area contributed by atoms with Gasteiger partial charge in [0.1, 0.15) is 0 Å². The first kappa shape index (κ1) is 9.52. The van der Waals surface area contributed by atoms with Crippen LogP contribution in [-0.2, 0) is 0 Å². The van der Waals surface area contributed by atoms with E-state index in [-0.39, 0.29) is 6.03 Å². The van der Waals surface area contributed by atoms with Crippen LogP contribution in [0.2, 0.25) is 0 Å². The van der Waals surface area contributed by atoms with Crippen LogP contribution in [0.4, 0.5) is 4.79 Å². The first-order valence-electron chi connectivity index (χ1n) is 5.27. The lowest BCUT2D eigenvalue weighted by molar-refractivity contribution is 0.190. The fourth-order valence-electron chi connectivity index (χ4n) is 1.89. The number of carbonyl (C=O) groups is 1. The standard InChI is InChI=1S/C10H17N3O/c14-10-12-4-1-7-13(10)8-9-2-5-11-6-3-9/h2,11H,1,3-8H2,(H,12,14). The molecule has 0 aromatic heterocycles. The minimum atomic E-state index is 0.0932. The summed E-state index contributed by atoms with van der Waals surface area (Å²) < 4.78 is 0. The number of carbonyl (C=O) groups excluding carboxylic acids is 1. The highest BCUT2D eigenvalue weighted by atomic mass is 16.2. The Balaban J connectivity index is 1.88. The SMILES string of the molecule is O=C1NCCCN1CC1=CCNCC1. The van der Waals surface area contributed by atoms with Crippen LogP contribution in [0.15, 0.2) is 11.6 Å². The summed E-state index contributed by atoms with van der Waals surface area (Å²) in [6.45, 7) is 4.53. The molecule has 2 N–H and O–H groups in total. The van der Waals surface area contributed by atoms with Crippen LogP contribution in [0.5, 0.6) is 0 Å². The minimum absolute atomic E-state index is 0.0932. The normalized spacial score (nSPS) is 23.0. The summed E-state index contributed by atoms with van der Waals surface area (Å²) in [6, 6.07) is 0.0932. The summed E-state index contributed by atoms with van der Waals surface area (Å²) in [4.78, 5) is 13.3. The van der Waals surface area contributed by atoms with Gasteiger partial charge in [-0.2, -0.15) is 0 Å². The lowest BCUT2D eigenvalue weighted by atomic mass is 10.1. The van der Waals surface area contributed by atoms with Gasteiger partial charge in [0.05, 0.1) is 0 Å². The molecule has 2 rings (SSSR count). The summed E-state index contributed by atoms with van der Waals surface area (Å²) in [5.41, 5.74) is 1.39. The first-order valence-corrected chi connectivity index (χ1v) is 5.27. The van der Waals surface area contributed by atoms with Crippen LogP contribution in [-0.4, -0.2) is 43.7 Å². The lowest BCUT2D eigenvalue weighted by Gasteiger charge is -2.29. The number of amides is 2. The van der Waals surface area contributed by atoms with Crippen molar-refractivity contribution in [2.24, 2.45) is 0 Å². The number of hydrogen-bond acceptors (Lipinski definition) is 2. The Morgan fingerprint density at radius 1 is 1.43 bits per heavy atom. The second-order valence-corrected chi connectivity index (χ2v) is 3.82. The monoisotopic (exact) mass is 195 g/mol. The number of hydrogen-bond donors (Lipinski definition) is 2. The van der Waals surface area contributed by atoms with Gasteiger partial charge in [-0.15, -0.1) is 0 Å². The van der Waals surface area contributed by atoms with E-state index in [2.05, 4.69) is 16.7 Å². The van der Waals surface area contributed by atoms with Crippen LogP contribution in [0.25, 0.3) is 0 Å². The number of urea groups is 1. The van der Waals surface area contributed by atoms with Gasteiger partial charge in [-0.3, -0.25) is 0 Å². The summed E-state index contributed by atoms with van der Waals surface area (Å²) in [6.07, 6.45) is 4.34. The van der Waals surface area contributed by atoms with E-state index in [0.717, 1.165) is 45.6 Å². The van der Waals surface area contributed by atoms with E-state index >= 15 is 0 Å². The van der Waals surface area contributed by atoms with Crippen molar-refractivity contribution < 1.29 is 4.79 Å². The van der Waals surface area contributed by atoms with Crippen LogP contribution in [0, 0.1) is 0 Å². The van der Waals surface area contributed by atoms with E-state index in [1.165, 1.54) is 5.57 Å². The molecule has 0 saturated carbocycles. The number of nitrogens with one attached hydrogen (secondary N) is 2. The second kappa shape index (κ2) is 4.46. The predicted octanol–water partition coefficient (Wildman–Crippen LogP) is 0.321. The van der Waals surface area contributed by atoms with E-state index in [0.29, 0.717) is 0 Å². The average Bonchev–Trinajstić information content (AvgIpc) is 2.23. The molecule has 4 heteroatoms. The topological polar surface area (TPSA) is 44.4 Å². The van der Waals surface area contributed by atoms with Gasteiger partial charge in [-0.05, 0) is 19.4 Å². The average molecular weight is 195 g/mol. The number of rotatable bonds is 2. The maximum Gasteiger partial charge on any atom is 0.317 e. The third-order valence-corrected chi connectivity index (χ3v) is 2.72. The van der Waals surface area contributed by atoms with Crippen molar-refractivity contribution >= 4 is 6.03 Å². The van der Waals surface area contributed by atoms with E-state index in [9.17, 15) is 4.79 Å². The smallest absolute Gasteiger partial charge is 0.317 e. The third kappa shape index (κ3) is 2.26. The molecule has 1 fully saturated rings. The van der Waals surface area contributed by atoms with Gasteiger partial charge in [0, 0.05) is 26.2 Å². The molecule has 2 aliphatic rings. The summed E-state index contributed by atoms with van der Waals surface area (Å²) in [7, 11) is 0. The van der Waals surface area contributed by atoms with Gasteiger partial charge in [0.25, 0.3) is 0 Å². The molecule has 0 radical (unpaired) electrons. The zero-order valence-corrected chi connectivity index (χ0v) is 8.38. The molecule has 0 bridgehead atoms. The lowest BCUT2D eigenvalue weighted by Crippen LogP contribution is -2.47. The highest BCUT2D eigenvalue weighted by Gasteiger charge is 2.18. The second-order valence-electron chi connectivity index (χ2n) is 3.82. The molecule has 0 aromatic carbocycles. The van der Waals surface area contributed by atoms with Gasteiger partial charge in [-0.25, -0.2) is 4.79 Å². The predicted molar refractivity (Wildman–Crippen MR) is 55.2 cm³/mol. The molecule has 0 aromatic rings. The van der Waals surface area contributed by atoms with Crippen molar-refractivity contribution in [3.8, 4) is 0 Å². The zero-order valence-electron chi connectivity index (χ0n) is 8.38. The highest BCUT2D eigenvalue weighted by molar-refractivity contribution is 5.75. The van der Waals surface area contributed by atoms with Gasteiger partial charge in [0.2, 0.25) is 0 Å². The van der Waals surface area contributed by atoms with E-state index in [1.807, 2.05) is 4.90 Å². The van der Waals surface area contributed by atoms with Gasteiger partial charge < -0.3 is 15.5 Å². The van der Waals surface area contributed by atoms with Crippen molar-refractivity contribution in [2.75, 3.05) is 32.7 Å². The Hall–Kier alpha value is -1.03. The molecule has 0 unspecified atom stereocenters. The van der Waals surface area contributed by atoms with Crippen molar-refractivity contribution in [2.45, 2.75) is 12.8 Å². The molecular weight excluding hydrogens is 178 g/mol. The van der Waals surface area contributed by atoms with Gasteiger partial charge >= 0.3 is 6.03 Å². The van der Waals surface area contributed by atoms with Crippen molar-refractivity contribution in [3.05, 3.63) is 11.6 Å². The molecule has 0 spiro atoms. The molecule has 78 valence electrons. The fourth-order valence-corrected chi connectivity index (χ4v) is 1.89. The molecule has 0 aliphatic carbocycles. The maximum atomic E-state index is 11.4. The van der Waals surface area contributed by atoms with Gasteiger partial charge in [0.15, 0.2) is 0 Å². The Bertz CT molecular complexity index is 250. The Morgan fingerprint density at radius 2 is 2.36 bits per heavy atom. The Morgan fingerprint density at radius 3 is 3.07 bits per heavy atom. The highest BCUT2D eigenvalue weighted by Crippen LogP contribution is 2.09. The maximum absolute atomic E-state index is 11.4. The fraction of sp³-hybridized carbons (Fsp3) is 0.700. The van der Waals surface area contributed by atoms with Crippen molar-refractivity contribution in [1.29, 1.82) is 0 Å². The van der Waals surface area contributed by atoms with Crippen LogP contribution in [0.3, 0.4) is 0 Å². The zero-order chi connectivity index (χ0) is 9.80. The molecule has 2 amide bonds. The van der Waals surface area contributed by atoms with E-state index in [4.69, 9.17) is 0 Å². The molecule has 1 saturated heterocycles. The van der Waals surface area contributed by atoms with E-state index < -0.39 is 0 Å². The minimum Gasteiger partial charge on any atom is -0.338 e. The largest absolute Gasteiger partial charge is 0.338 e. The van der Waals surface area contributed by atoms with Crippen LogP contribution < -0.4 is 10.6 Å². The Kier molecular flexibility index (Phi) is 3.03. The van der Waals surface area contributed by atoms with Crippen LogP contribution >= 0.6 is 0 Å².